The molecule has 0 aromatic rings. The van der Waals surface area contributed by atoms with Crippen LogP contribution in [-0.4, -0.2) is 35.4 Å². The average molecular weight is 205 g/mol. The van der Waals surface area contributed by atoms with Gasteiger partial charge in [0, 0.05) is 0 Å². The van der Waals surface area contributed by atoms with Crippen molar-refractivity contribution >= 4 is 6.34 Å². The van der Waals surface area contributed by atoms with Gasteiger partial charge in [-0.25, -0.2) is 4.90 Å². The van der Waals surface area contributed by atoms with E-state index in [9.17, 15) is 0 Å². The van der Waals surface area contributed by atoms with Crippen LogP contribution in [0.3, 0.4) is 0 Å². The second-order valence-electron chi connectivity index (χ2n) is 2.16. The van der Waals surface area contributed by atoms with E-state index in [4.69, 9.17) is 0 Å². The average Bonchev–Trinajstić information content (AvgIpc) is 2.34. The number of halogens is 1. The fourth-order valence-corrected chi connectivity index (χ4v) is 0.947. The first-order chi connectivity index (χ1) is 4.36. The van der Waals surface area contributed by atoms with Crippen molar-refractivity contribution < 1.29 is 21.6 Å². The predicted octanol–water partition coefficient (Wildman–Crippen LogP) is -2.49. The smallest absolute Gasteiger partial charge is 0.239 e. The molecular formula is C7H13BrN2. The molecule has 58 valence electrons. The molecule has 0 atom stereocenters. The Hall–Kier alpha value is -0.310. The van der Waals surface area contributed by atoms with Crippen LogP contribution < -0.4 is 17.0 Å². The molecule has 0 spiro atoms. The van der Waals surface area contributed by atoms with Crippen LogP contribution in [0.25, 0.3) is 0 Å². The minimum atomic E-state index is 0. The highest BCUT2D eigenvalue weighted by Crippen LogP contribution is 1.92. The van der Waals surface area contributed by atoms with Gasteiger partial charge < -0.3 is 17.0 Å². The quantitative estimate of drug-likeness (QED) is 0.452. The number of nitrogens with zero attached hydrogens (tertiary/aromatic N) is 2. The summed E-state index contributed by atoms with van der Waals surface area (Å²) in [6.45, 7) is 9.17. The molecule has 1 heterocycles. The third-order valence-corrected chi connectivity index (χ3v) is 1.60. The Morgan fingerprint density at radius 2 is 2.50 bits per heavy atom. The zero-order valence-electron chi connectivity index (χ0n) is 6.26. The molecule has 0 bridgehead atoms. The standard InChI is InChI=1S/C7H13N2.BrH/c1-3-8-5-6-9(4-2)7-8;/h3,7H,1,4-6H2,2H3;1H/q+1;/p-1. The first kappa shape index (κ1) is 9.69. The van der Waals surface area contributed by atoms with Gasteiger partial charge in [0.25, 0.3) is 0 Å². The third kappa shape index (κ3) is 2.14. The second kappa shape index (κ2) is 4.50. The van der Waals surface area contributed by atoms with Crippen molar-refractivity contribution in [1.29, 1.82) is 0 Å². The van der Waals surface area contributed by atoms with Gasteiger partial charge in [0.1, 0.15) is 13.1 Å². The molecule has 0 N–H and O–H groups in total. The SMILES string of the molecule is C=CN1C=[N+](CC)CC1.[Br-]. The maximum absolute atomic E-state index is 3.68. The lowest BCUT2D eigenvalue weighted by atomic mass is 10.6. The molecule has 0 saturated heterocycles. The molecule has 0 aliphatic carbocycles. The molecule has 0 aromatic carbocycles. The Labute approximate surface area is 72.6 Å². The Bertz CT molecular complexity index is 143. The topological polar surface area (TPSA) is 6.25 Å². The lowest BCUT2D eigenvalue weighted by Crippen LogP contribution is -3.00. The van der Waals surface area contributed by atoms with Crippen LogP contribution in [-0.2, 0) is 0 Å². The molecule has 0 fully saturated rings. The number of likely N-dealkylation sites (N-methyl/N-ethyl adjacent to an activating group) is 1. The van der Waals surface area contributed by atoms with Crippen LogP contribution in [0.2, 0.25) is 0 Å². The van der Waals surface area contributed by atoms with E-state index in [0.717, 1.165) is 19.6 Å². The molecule has 10 heavy (non-hydrogen) atoms. The van der Waals surface area contributed by atoms with Crippen LogP contribution >= 0.6 is 0 Å². The predicted molar refractivity (Wildman–Crippen MR) is 38.6 cm³/mol. The number of rotatable bonds is 2. The highest BCUT2D eigenvalue weighted by Gasteiger charge is 2.13. The van der Waals surface area contributed by atoms with E-state index in [1.165, 1.54) is 0 Å². The Morgan fingerprint density at radius 1 is 1.80 bits per heavy atom. The largest absolute Gasteiger partial charge is 1.00 e. The summed E-state index contributed by atoms with van der Waals surface area (Å²) in [7, 11) is 0. The van der Waals surface area contributed by atoms with E-state index < -0.39 is 0 Å². The van der Waals surface area contributed by atoms with Crippen LogP contribution in [0, 0.1) is 0 Å². The number of hydrogen-bond acceptors (Lipinski definition) is 1. The fraction of sp³-hybridized carbons (Fsp3) is 0.571. The van der Waals surface area contributed by atoms with Crippen molar-refractivity contribution in [1.82, 2.24) is 4.90 Å². The summed E-state index contributed by atoms with van der Waals surface area (Å²) in [6, 6.07) is 0. The van der Waals surface area contributed by atoms with E-state index in [1.54, 1.807) is 0 Å². The number of hydrogen-bond donors (Lipinski definition) is 0. The highest BCUT2D eigenvalue weighted by atomic mass is 79.9. The van der Waals surface area contributed by atoms with Crippen LogP contribution in [0.4, 0.5) is 0 Å². The maximum Gasteiger partial charge on any atom is 0.239 e. The summed E-state index contributed by atoms with van der Waals surface area (Å²) in [5.74, 6) is 0. The van der Waals surface area contributed by atoms with Crippen LogP contribution in [0.5, 0.6) is 0 Å². The summed E-state index contributed by atoms with van der Waals surface area (Å²) in [5.41, 5.74) is 0. The molecule has 1 aliphatic heterocycles. The minimum Gasteiger partial charge on any atom is -1.00 e. The molecule has 0 saturated carbocycles. The molecule has 0 unspecified atom stereocenters. The summed E-state index contributed by atoms with van der Waals surface area (Å²) in [4.78, 5) is 2.10. The van der Waals surface area contributed by atoms with Gasteiger partial charge in [-0.15, -0.1) is 0 Å². The molecule has 0 radical (unpaired) electrons. The Balaban J connectivity index is 0.000000810. The van der Waals surface area contributed by atoms with Crippen molar-refractivity contribution in [3.8, 4) is 0 Å². The van der Waals surface area contributed by atoms with Crippen LogP contribution in [0.1, 0.15) is 6.92 Å². The van der Waals surface area contributed by atoms with Gasteiger partial charge in [-0.2, -0.15) is 0 Å². The van der Waals surface area contributed by atoms with Gasteiger partial charge in [-0.05, 0) is 6.92 Å². The van der Waals surface area contributed by atoms with Gasteiger partial charge in [0.2, 0.25) is 6.34 Å². The first-order valence-corrected chi connectivity index (χ1v) is 3.34. The highest BCUT2D eigenvalue weighted by molar-refractivity contribution is 5.51. The Morgan fingerprint density at radius 3 is 2.80 bits per heavy atom. The van der Waals surface area contributed by atoms with Crippen molar-refractivity contribution in [3.05, 3.63) is 12.8 Å². The lowest BCUT2D eigenvalue weighted by Gasteiger charge is -1.92. The summed E-state index contributed by atoms with van der Waals surface area (Å²) in [5, 5.41) is 0. The van der Waals surface area contributed by atoms with E-state index in [2.05, 4.69) is 29.3 Å². The molecular weight excluding hydrogens is 192 g/mol. The molecule has 1 aliphatic rings. The van der Waals surface area contributed by atoms with Crippen LogP contribution in [0.15, 0.2) is 12.8 Å². The minimum absolute atomic E-state index is 0. The van der Waals surface area contributed by atoms with Gasteiger partial charge in [0.15, 0.2) is 0 Å². The maximum atomic E-state index is 3.68. The summed E-state index contributed by atoms with van der Waals surface area (Å²) < 4.78 is 2.27. The third-order valence-electron chi connectivity index (χ3n) is 1.60. The van der Waals surface area contributed by atoms with Crippen molar-refractivity contribution in [2.75, 3.05) is 19.6 Å². The molecule has 0 amide bonds. The molecule has 0 aromatic heterocycles. The second-order valence-corrected chi connectivity index (χ2v) is 2.16. The summed E-state index contributed by atoms with van der Waals surface area (Å²) >= 11 is 0. The molecule has 3 heteroatoms. The van der Waals surface area contributed by atoms with E-state index >= 15 is 0 Å². The lowest BCUT2D eigenvalue weighted by molar-refractivity contribution is -0.509. The summed E-state index contributed by atoms with van der Waals surface area (Å²) in [6.07, 6.45) is 3.96. The van der Waals surface area contributed by atoms with E-state index in [0.29, 0.717) is 0 Å². The van der Waals surface area contributed by atoms with Gasteiger partial charge >= 0.3 is 0 Å². The normalized spacial score (nSPS) is 16.1. The zero-order valence-corrected chi connectivity index (χ0v) is 7.84. The zero-order chi connectivity index (χ0) is 6.69. The van der Waals surface area contributed by atoms with E-state index in [1.807, 2.05) is 6.20 Å². The van der Waals surface area contributed by atoms with E-state index in [-0.39, 0.29) is 17.0 Å². The van der Waals surface area contributed by atoms with Crippen molar-refractivity contribution in [2.45, 2.75) is 6.92 Å². The first-order valence-electron chi connectivity index (χ1n) is 3.34. The monoisotopic (exact) mass is 204 g/mol. The Kier molecular flexibility index (Phi) is 4.36. The van der Waals surface area contributed by atoms with Gasteiger partial charge in [-0.3, -0.25) is 4.58 Å². The van der Waals surface area contributed by atoms with Crippen molar-refractivity contribution in [2.24, 2.45) is 0 Å². The van der Waals surface area contributed by atoms with Gasteiger partial charge in [-0.1, -0.05) is 6.58 Å². The van der Waals surface area contributed by atoms with Gasteiger partial charge in [0.05, 0.1) is 12.7 Å². The molecule has 1 rings (SSSR count). The van der Waals surface area contributed by atoms with Crippen molar-refractivity contribution in [3.63, 3.8) is 0 Å². The fourth-order valence-electron chi connectivity index (χ4n) is 0.947. The molecule has 2 nitrogen and oxygen atoms in total.